The van der Waals surface area contributed by atoms with Gasteiger partial charge in [0.25, 0.3) is 11.5 Å². The minimum absolute atomic E-state index is 0.00710. The van der Waals surface area contributed by atoms with Crippen molar-refractivity contribution in [2.45, 2.75) is 26.3 Å². The molecule has 34 heavy (non-hydrogen) atoms. The average Bonchev–Trinajstić information content (AvgIpc) is 3.35. The lowest BCUT2D eigenvalue weighted by Crippen LogP contribution is -2.42. The second-order valence-electron chi connectivity index (χ2n) is 7.26. The second-order valence-corrected chi connectivity index (χ2v) is 7.26. The molecule has 0 aliphatic heterocycles. The maximum Gasteiger partial charge on any atom is 0.290 e. The summed E-state index contributed by atoms with van der Waals surface area (Å²) >= 11 is 0. The maximum atomic E-state index is 12.7. The molecule has 11 nitrogen and oxygen atoms in total. The Morgan fingerprint density at radius 3 is 2.50 bits per heavy atom. The number of carbonyl (C=O) groups excluding carboxylic acids is 2. The summed E-state index contributed by atoms with van der Waals surface area (Å²) in [5, 5.41) is 8.83. The van der Waals surface area contributed by atoms with Gasteiger partial charge < -0.3 is 9.26 Å². The van der Waals surface area contributed by atoms with E-state index in [4.69, 9.17) is 9.26 Å². The van der Waals surface area contributed by atoms with Crippen molar-refractivity contribution < 1.29 is 18.8 Å². The van der Waals surface area contributed by atoms with Gasteiger partial charge in [-0.3, -0.25) is 25.2 Å². The van der Waals surface area contributed by atoms with E-state index in [1.807, 2.05) is 0 Å². The number of fused-ring (bicyclic) bond motifs is 1. The molecule has 2 aromatic carbocycles. The molecule has 0 unspecified atom stereocenters. The summed E-state index contributed by atoms with van der Waals surface area (Å²) in [6.45, 7) is 2.06. The van der Waals surface area contributed by atoms with Crippen molar-refractivity contribution in [2.24, 2.45) is 0 Å². The second kappa shape index (κ2) is 9.94. The fourth-order valence-electron chi connectivity index (χ4n) is 3.30. The third-order valence-corrected chi connectivity index (χ3v) is 5.08. The summed E-state index contributed by atoms with van der Waals surface area (Å²) in [7, 11) is 1.58. The van der Waals surface area contributed by atoms with E-state index in [1.165, 1.54) is 4.68 Å². The monoisotopic (exact) mass is 462 g/mol. The topological polar surface area (TPSA) is 141 Å². The molecule has 0 atom stereocenters. The Morgan fingerprint density at radius 1 is 1.06 bits per heavy atom. The first-order valence-electron chi connectivity index (χ1n) is 10.6. The number of rotatable bonds is 7. The molecule has 11 heteroatoms. The van der Waals surface area contributed by atoms with E-state index in [0.29, 0.717) is 28.9 Å². The molecule has 4 aromatic rings. The van der Waals surface area contributed by atoms with Gasteiger partial charge in [-0.1, -0.05) is 23.4 Å². The highest BCUT2D eigenvalue weighted by molar-refractivity contribution is 6.05. The highest BCUT2D eigenvalue weighted by atomic mass is 16.5. The van der Waals surface area contributed by atoms with Crippen molar-refractivity contribution in [3.63, 3.8) is 0 Å². The van der Waals surface area contributed by atoms with Gasteiger partial charge in [-0.05, 0) is 37.3 Å². The number of nitrogens with zero attached hydrogens (tertiary/aromatic N) is 4. The van der Waals surface area contributed by atoms with E-state index in [9.17, 15) is 14.4 Å². The molecular weight excluding hydrogens is 440 g/mol. The fourth-order valence-corrected chi connectivity index (χ4v) is 3.30. The molecular formula is C23H22N6O5. The van der Waals surface area contributed by atoms with Gasteiger partial charge >= 0.3 is 0 Å². The van der Waals surface area contributed by atoms with Crippen LogP contribution in [0, 0.1) is 0 Å². The van der Waals surface area contributed by atoms with Gasteiger partial charge in [0.05, 0.1) is 12.5 Å². The van der Waals surface area contributed by atoms with Gasteiger partial charge in [0, 0.05) is 30.3 Å². The Labute approximate surface area is 193 Å². The number of aromatic nitrogens is 4. The number of hydrogen-bond donors (Lipinski definition) is 2. The highest BCUT2D eigenvalue weighted by Crippen LogP contribution is 2.20. The van der Waals surface area contributed by atoms with Crippen LogP contribution in [-0.2, 0) is 17.8 Å². The van der Waals surface area contributed by atoms with Crippen LogP contribution in [0.3, 0.4) is 0 Å². The Morgan fingerprint density at radius 2 is 1.79 bits per heavy atom. The normalized spacial score (nSPS) is 10.8. The highest BCUT2D eigenvalue weighted by Gasteiger charge is 2.17. The number of amides is 2. The standard InChI is InChI=1S/C23H22N6O5/c1-3-29-23(32)17-7-5-4-6-16(17)20(27-29)22(31)26-25-18(30)12-13-19-24-21(28-34-19)14-8-10-15(33-2)11-9-14/h4-11H,3,12-13H2,1-2H3,(H,25,30)(H,26,31). The Kier molecular flexibility index (Phi) is 6.62. The lowest BCUT2D eigenvalue weighted by atomic mass is 10.1. The summed E-state index contributed by atoms with van der Waals surface area (Å²) in [4.78, 5) is 41.6. The van der Waals surface area contributed by atoms with Crippen LogP contribution in [0.5, 0.6) is 5.75 Å². The smallest absolute Gasteiger partial charge is 0.290 e. The number of aryl methyl sites for hydroxylation is 2. The van der Waals surface area contributed by atoms with Crippen molar-refractivity contribution in [2.75, 3.05) is 7.11 Å². The number of nitrogens with one attached hydrogen (secondary N) is 2. The predicted octanol–water partition coefficient (Wildman–Crippen LogP) is 1.87. The number of methoxy groups -OCH3 is 1. The largest absolute Gasteiger partial charge is 0.497 e. The Bertz CT molecular complexity index is 1390. The van der Waals surface area contributed by atoms with E-state index < -0.39 is 11.8 Å². The number of hydrogen-bond acceptors (Lipinski definition) is 8. The van der Waals surface area contributed by atoms with Crippen LogP contribution in [0.1, 0.15) is 29.7 Å². The van der Waals surface area contributed by atoms with Crippen molar-refractivity contribution in [3.8, 4) is 17.1 Å². The first-order valence-corrected chi connectivity index (χ1v) is 10.6. The molecule has 2 heterocycles. The minimum atomic E-state index is -0.633. The molecule has 0 saturated carbocycles. The van der Waals surface area contributed by atoms with E-state index in [-0.39, 0.29) is 30.0 Å². The molecule has 2 aromatic heterocycles. The van der Waals surface area contributed by atoms with E-state index in [0.717, 1.165) is 5.56 Å². The molecule has 0 radical (unpaired) electrons. The minimum Gasteiger partial charge on any atom is -0.497 e. The zero-order valence-corrected chi connectivity index (χ0v) is 18.6. The van der Waals surface area contributed by atoms with Gasteiger partial charge in [0.1, 0.15) is 5.75 Å². The molecule has 2 amide bonds. The Balaban J connectivity index is 1.36. The summed E-state index contributed by atoms with van der Waals surface area (Å²) < 4.78 is 11.5. The van der Waals surface area contributed by atoms with Crippen LogP contribution < -0.4 is 21.1 Å². The van der Waals surface area contributed by atoms with Gasteiger partial charge in [0.2, 0.25) is 17.6 Å². The summed E-state index contributed by atoms with van der Waals surface area (Å²) in [5.41, 5.74) is 5.20. The fraction of sp³-hybridized carbons (Fsp3) is 0.217. The summed E-state index contributed by atoms with van der Waals surface area (Å²) in [5.74, 6) is 0.310. The zero-order chi connectivity index (χ0) is 24.1. The van der Waals surface area contributed by atoms with E-state index in [1.54, 1.807) is 62.6 Å². The van der Waals surface area contributed by atoms with Crippen LogP contribution >= 0.6 is 0 Å². The lowest BCUT2D eigenvalue weighted by molar-refractivity contribution is -0.121. The third-order valence-electron chi connectivity index (χ3n) is 5.08. The number of ether oxygens (including phenoxy) is 1. The molecule has 0 fully saturated rings. The van der Waals surface area contributed by atoms with Crippen molar-refractivity contribution in [3.05, 3.63) is 70.5 Å². The molecule has 174 valence electrons. The van der Waals surface area contributed by atoms with Crippen LogP contribution in [0.15, 0.2) is 57.8 Å². The Hall–Kier alpha value is -4.54. The van der Waals surface area contributed by atoms with Gasteiger partial charge in [-0.2, -0.15) is 10.1 Å². The van der Waals surface area contributed by atoms with Crippen molar-refractivity contribution in [1.82, 2.24) is 30.8 Å². The number of benzene rings is 2. The molecule has 2 N–H and O–H groups in total. The zero-order valence-electron chi connectivity index (χ0n) is 18.6. The van der Waals surface area contributed by atoms with Gasteiger partial charge in [-0.25, -0.2) is 4.68 Å². The predicted molar refractivity (Wildman–Crippen MR) is 122 cm³/mol. The SMILES string of the molecule is CCn1nc(C(=O)NNC(=O)CCc2nc(-c3ccc(OC)cc3)no2)c2ccccc2c1=O. The maximum absolute atomic E-state index is 12.7. The van der Waals surface area contributed by atoms with E-state index in [2.05, 4.69) is 26.1 Å². The number of hydrazine groups is 1. The van der Waals surface area contributed by atoms with Crippen LogP contribution in [-0.4, -0.2) is 38.8 Å². The third kappa shape index (κ3) is 4.77. The lowest BCUT2D eigenvalue weighted by Gasteiger charge is -2.10. The first-order chi connectivity index (χ1) is 16.5. The molecule has 0 bridgehead atoms. The molecule has 0 saturated heterocycles. The van der Waals surface area contributed by atoms with Gasteiger partial charge in [-0.15, -0.1) is 0 Å². The number of carbonyl (C=O) groups is 2. The molecule has 0 spiro atoms. The van der Waals surface area contributed by atoms with Crippen LogP contribution in [0.25, 0.3) is 22.2 Å². The molecule has 4 rings (SSSR count). The molecule has 0 aliphatic rings. The summed E-state index contributed by atoms with van der Waals surface area (Å²) in [6.07, 6.45) is 0.194. The van der Waals surface area contributed by atoms with Crippen LogP contribution in [0.2, 0.25) is 0 Å². The summed E-state index contributed by atoms with van der Waals surface area (Å²) in [6, 6.07) is 13.9. The van der Waals surface area contributed by atoms with Crippen molar-refractivity contribution in [1.29, 1.82) is 0 Å². The average molecular weight is 462 g/mol. The van der Waals surface area contributed by atoms with Crippen molar-refractivity contribution >= 4 is 22.6 Å². The van der Waals surface area contributed by atoms with E-state index >= 15 is 0 Å². The quantitative estimate of drug-likeness (QED) is 0.397. The first kappa shape index (κ1) is 22.6. The van der Waals surface area contributed by atoms with Crippen LogP contribution in [0.4, 0.5) is 0 Å². The van der Waals surface area contributed by atoms with Gasteiger partial charge in [0.15, 0.2) is 5.69 Å². The molecule has 0 aliphatic carbocycles.